The number of rotatable bonds is 1. The van der Waals surface area contributed by atoms with Gasteiger partial charge in [0.15, 0.2) is 5.82 Å². The Morgan fingerprint density at radius 2 is 2.33 bits per heavy atom. The summed E-state index contributed by atoms with van der Waals surface area (Å²) in [6.45, 7) is 5.63. The van der Waals surface area contributed by atoms with Gasteiger partial charge in [-0.25, -0.2) is 4.98 Å². The van der Waals surface area contributed by atoms with Gasteiger partial charge in [-0.05, 0) is 18.6 Å². The average molecular weight is 199 g/mol. The van der Waals surface area contributed by atoms with Gasteiger partial charge in [0.25, 0.3) is 0 Å². The van der Waals surface area contributed by atoms with Crippen molar-refractivity contribution in [3.63, 3.8) is 0 Å². The lowest BCUT2D eigenvalue weighted by Gasteiger charge is -2.21. The summed E-state index contributed by atoms with van der Waals surface area (Å²) in [6, 6.07) is 1.89. The maximum Gasteiger partial charge on any atom is 0.234 e. The molecule has 1 aliphatic rings. The van der Waals surface area contributed by atoms with E-state index in [2.05, 4.69) is 27.4 Å². The summed E-state index contributed by atoms with van der Waals surface area (Å²) in [6.07, 6.45) is 3.34. The third-order valence-electron chi connectivity index (χ3n) is 2.22. The van der Waals surface area contributed by atoms with Crippen molar-refractivity contribution in [1.82, 2.24) is 15.4 Å². The van der Waals surface area contributed by atoms with Gasteiger partial charge in [-0.3, -0.25) is 10.9 Å². The van der Waals surface area contributed by atoms with Crippen LogP contribution < -0.4 is 10.9 Å². The van der Waals surface area contributed by atoms with E-state index in [1.807, 2.05) is 13.0 Å². The number of nitrogens with one attached hydrogen (secondary N) is 2. The minimum absolute atomic E-state index is 0.151. The maximum atomic E-state index is 8.65. The van der Waals surface area contributed by atoms with Gasteiger partial charge in [-0.2, -0.15) is 10.2 Å². The Bertz CT molecular complexity index is 495. The number of anilines is 1. The molecule has 0 bridgehead atoms. The first kappa shape index (κ1) is 9.21. The van der Waals surface area contributed by atoms with Crippen LogP contribution in [-0.2, 0) is 0 Å². The molecule has 74 valence electrons. The monoisotopic (exact) mass is 199 g/mol. The topological polar surface area (TPSA) is 73.6 Å². The zero-order valence-electron chi connectivity index (χ0n) is 8.20. The molecule has 0 saturated heterocycles. The van der Waals surface area contributed by atoms with Gasteiger partial charge in [-0.15, -0.1) is 0 Å². The van der Waals surface area contributed by atoms with E-state index < -0.39 is 0 Å². The average Bonchev–Trinajstić information content (AvgIpc) is 2.29. The predicted molar refractivity (Wildman–Crippen MR) is 56.3 cm³/mol. The van der Waals surface area contributed by atoms with E-state index in [1.165, 1.54) is 0 Å². The Labute approximate surface area is 87.1 Å². The highest BCUT2D eigenvalue weighted by Crippen LogP contribution is 2.26. The van der Waals surface area contributed by atoms with Gasteiger partial charge in [-0.1, -0.05) is 6.58 Å². The molecule has 0 atom stereocenters. The molecule has 0 fully saturated rings. The van der Waals surface area contributed by atoms with Crippen LogP contribution in [0.15, 0.2) is 24.5 Å². The number of aromatic nitrogens is 2. The fraction of sp³-hybridized carbons (Fsp3) is 0.100. The van der Waals surface area contributed by atoms with Gasteiger partial charge >= 0.3 is 0 Å². The molecule has 0 aliphatic carbocycles. The summed E-state index contributed by atoms with van der Waals surface area (Å²) in [7, 11) is 0. The molecule has 0 spiro atoms. The first-order valence-corrected chi connectivity index (χ1v) is 4.39. The predicted octanol–water partition coefficient (Wildman–Crippen LogP) is 1.20. The molecule has 2 rings (SSSR count). The lowest BCUT2D eigenvalue weighted by Crippen LogP contribution is -2.26. The first-order chi connectivity index (χ1) is 7.26. The standard InChI is InChI=1S/C10H9N5/c1-3-8-6(2)7-5-12-9(4-11)13-10(7)15-14-8/h3,5,14H,1H2,2H3,(H,12,13,15). The van der Waals surface area contributed by atoms with Crippen molar-refractivity contribution in [2.75, 3.05) is 5.43 Å². The molecule has 1 aromatic heterocycles. The quantitative estimate of drug-likeness (QED) is 0.710. The number of fused-ring (bicyclic) bond motifs is 1. The number of hydrogen-bond donors (Lipinski definition) is 2. The molecule has 5 nitrogen and oxygen atoms in total. The van der Waals surface area contributed by atoms with Crippen LogP contribution in [0.1, 0.15) is 18.3 Å². The molecular formula is C10H9N5. The van der Waals surface area contributed by atoms with Gasteiger partial charge < -0.3 is 0 Å². The van der Waals surface area contributed by atoms with Crippen molar-refractivity contribution < 1.29 is 0 Å². The van der Waals surface area contributed by atoms with Crippen molar-refractivity contribution in [3.8, 4) is 6.07 Å². The summed E-state index contributed by atoms with van der Waals surface area (Å²) in [5.74, 6) is 0.766. The summed E-state index contributed by atoms with van der Waals surface area (Å²) >= 11 is 0. The molecule has 5 heteroatoms. The van der Waals surface area contributed by atoms with Gasteiger partial charge in [0.2, 0.25) is 5.82 Å². The molecular weight excluding hydrogens is 190 g/mol. The van der Waals surface area contributed by atoms with E-state index in [0.717, 1.165) is 16.8 Å². The Kier molecular flexibility index (Phi) is 2.10. The van der Waals surface area contributed by atoms with Crippen LogP contribution in [0, 0.1) is 11.3 Å². The fourth-order valence-electron chi connectivity index (χ4n) is 1.37. The Morgan fingerprint density at radius 1 is 1.53 bits per heavy atom. The third kappa shape index (κ3) is 1.42. The molecule has 0 radical (unpaired) electrons. The molecule has 1 aromatic rings. The van der Waals surface area contributed by atoms with E-state index in [4.69, 9.17) is 5.26 Å². The Hall–Kier alpha value is -2.35. The number of hydrazine groups is 1. The number of nitriles is 1. The van der Waals surface area contributed by atoms with Crippen molar-refractivity contribution in [3.05, 3.63) is 35.9 Å². The van der Waals surface area contributed by atoms with Gasteiger partial charge in [0.1, 0.15) is 6.07 Å². The molecule has 15 heavy (non-hydrogen) atoms. The lowest BCUT2D eigenvalue weighted by atomic mass is 10.1. The van der Waals surface area contributed by atoms with Crippen LogP contribution in [0.25, 0.3) is 5.57 Å². The first-order valence-electron chi connectivity index (χ1n) is 4.39. The smallest absolute Gasteiger partial charge is 0.234 e. The molecule has 2 heterocycles. The van der Waals surface area contributed by atoms with E-state index in [9.17, 15) is 0 Å². The van der Waals surface area contributed by atoms with E-state index in [0.29, 0.717) is 5.82 Å². The van der Waals surface area contributed by atoms with Crippen molar-refractivity contribution in [2.45, 2.75) is 6.92 Å². The molecule has 0 amide bonds. The summed E-state index contributed by atoms with van der Waals surface area (Å²) in [4.78, 5) is 7.96. The fourth-order valence-corrected chi connectivity index (χ4v) is 1.37. The number of hydrogen-bond acceptors (Lipinski definition) is 5. The maximum absolute atomic E-state index is 8.65. The normalized spacial score (nSPS) is 13.3. The second kappa shape index (κ2) is 3.42. The van der Waals surface area contributed by atoms with Crippen molar-refractivity contribution in [1.29, 1.82) is 5.26 Å². The summed E-state index contributed by atoms with van der Waals surface area (Å²) in [5, 5.41) is 8.65. The zero-order chi connectivity index (χ0) is 10.8. The molecule has 0 aromatic carbocycles. The van der Waals surface area contributed by atoms with Crippen LogP contribution >= 0.6 is 0 Å². The Morgan fingerprint density at radius 3 is 3.00 bits per heavy atom. The molecule has 0 saturated carbocycles. The Balaban J connectivity index is 2.57. The highest BCUT2D eigenvalue weighted by atomic mass is 15.4. The highest BCUT2D eigenvalue weighted by Gasteiger charge is 2.15. The molecule has 1 aliphatic heterocycles. The zero-order valence-corrected chi connectivity index (χ0v) is 8.20. The van der Waals surface area contributed by atoms with E-state index in [-0.39, 0.29) is 5.82 Å². The van der Waals surface area contributed by atoms with E-state index in [1.54, 1.807) is 12.3 Å². The van der Waals surface area contributed by atoms with Crippen LogP contribution in [0.5, 0.6) is 0 Å². The molecule has 0 unspecified atom stereocenters. The largest absolute Gasteiger partial charge is 0.299 e. The van der Waals surface area contributed by atoms with Gasteiger partial charge in [0.05, 0.1) is 5.70 Å². The second-order valence-electron chi connectivity index (χ2n) is 3.06. The van der Waals surface area contributed by atoms with Crippen LogP contribution in [-0.4, -0.2) is 9.97 Å². The van der Waals surface area contributed by atoms with E-state index >= 15 is 0 Å². The third-order valence-corrected chi connectivity index (χ3v) is 2.22. The molecule has 2 N–H and O–H groups in total. The second-order valence-corrected chi connectivity index (χ2v) is 3.06. The highest BCUT2D eigenvalue weighted by molar-refractivity contribution is 5.78. The minimum Gasteiger partial charge on any atom is -0.299 e. The summed E-state index contributed by atoms with van der Waals surface area (Å²) in [5.41, 5.74) is 8.59. The van der Waals surface area contributed by atoms with Crippen LogP contribution in [0.4, 0.5) is 5.82 Å². The van der Waals surface area contributed by atoms with Gasteiger partial charge in [0, 0.05) is 11.8 Å². The SMILES string of the molecule is C=CC1=C(C)c2cnc(C#N)nc2NN1. The number of nitrogens with zero attached hydrogens (tertiary/aromatic N) is 3. The van der Waals surface area contributed by atoms with Crippen LogP contribution in [0.3, 0.4) is 0 Å². The van der Waals surface area contributed by atoms with Crippen molar-refractivity contribution >= 4 is 11.4 Å². The summed E-state index contributed by atoms with van der Waals surface area (Å²) < 4.78 is 0. The van der Waals surface area contributed by atoms with Crippen molar-refractivity contribution in [2.24, 2.45) is 0 Å². The lowest BCUT2D eigenvalue weighted by molar-refractivity contribution is 0.939. The minimum atomic E-state index is 0.151. The van der Waals surface area contributed by atoms with Crippen LogP contribution in [0.2, 0.25) is 0 Å². The number of allylic oxidation sites excluding steroid dienone is 2.